The lowest BCUT2D eigenvalue weighted by molar-refractivity contribution is -0.00191. The number of ether oxygens (including phenoxy) is 1. The molecule has 0 amide bonds. The molecule has 1 aromatic rings. The van der Waals surface area contributed by atoms with Gasteiger partial charge in [0.15, 0.2) is 0 Å². The third-order valence-corrected chi connectivity index (χ3v) is 4.55. The Morgan fingerprint density at radius 3 is 2.70 bits per heavy atom. The zero-order valence-electron chi connectivity index (χ0n) is 13.7. The van der Waals surface area contributed by atoms with Crippen LogP contribution in [0.5, 0.6) is 0 Å². The van der Waals surface area contributed by atoms with Crippen molar-refractivity contribution in [2.24, 2.45) is 0 Å². The molecule has 4 heteroatoms. The normalized spacial score (nSPS) is 21.6. The van der Waals surface area contributed by atoms with E-state index in [2.05, 4.69) is 13.5 Å². The van der Waals surface area contributed by atoms with E-state index in [-0.39, 0.29) is 12.0 Å². The molecule has 23 heavy (non-hydrogen) atoms. The highest BCUT2D eigenvalue weighted by Crippen LogP contribution is 2.37. The Morgan fingerprint density at radius 1 is 1.35 bits per heavy atom. The standard InChI is InChI=1S/C19H25F3O/c1-3-5-7-13-9-11-16(17(18(13)20)19(21)22)14-8-10-15(6-4-2)23-12-14/h3,9,11,14-15,19H,1,4-8,10,12H2,2H3. The van der Waals surface area contributed by atoms with Gasteiger partial charge in [0, 0.05) is 5.92 Å². The molecule has 0 spiro atoms. The Balaban J connectivity index is 2.21. The molecule has 1 saturated heterocycles. The van der Waals surface area contributed by atoms with E-state index in [1.165, 1.54) is 0 Å². The smallest absolute Gasteiger partial charge is 0.266 e. The fourth-order valence-electron chi connectivity index (χ4n) is 3.28. The number of rotatable bonds is 7. The van der Waals surface area contributed by atoms with Crippen LogP contribution >= 0.6 is 0 Å². The number of benzene rings is 1. The fraction of sp³-hybridized carbons (Fsp3) is 0.579. The molecule has 2 atom stereocenters. The quantitative estimate of drug-likeness (QED) is 0.563. The molecule has 2 unspecified atom stereocenters. The molecule has 1 fully saturated rings. The van der Waals surface area contributed by atoms with Gasteiger partial charge in [0.25, 0.3) is 6.43 Å². The Hall–Kier alpha value is -1.29. The van der Waals surface area contributed by atoms with Crippen molar-refractivity contribution in [2.45, 2.75) is 63.9 Å². The van der Waals surface area contributed by atoms with Crippen LogP contribution in [0.2, 0.25) is 0 Å². The van der Waals surface area contributed by atoms with E-state index in [0.29, 0.717) is 30.6 Å². The minimum absolute atomic E-state index is 0.143. The second-order valence-corrected chi connectivity index (χ2v) is 6.19. The summed E-state index contributed by atoms with van der Waals surface area (Å²) in [5.41, 5.74) is 0.313. The third-order valence-electron chi connectivity index (χ3n) is 4.55. The highest BCUT2D eigenvalue weighted by molar-refractivity contribution is 5.38. The van der Waals surface area contributed by atoms with Gasteiger partial charge in [-0.15, -0.1) is 6.58 Å². The molecular weight excluding hydrogens is 301 g/mol. The second kappa shape index (κ2) is 8.53. The lowest BCUT2D eigenvalue weighted by atomic mass is 9.86. The number of allylic oxidation sites excluding steroid dienone is 1. The molecular formula is C19H25F3O. The van der Waals surface area contributed by atoms with Gasteiger partial charge in [0.05, 0.1) is 18.3 Å². The van der Waals surface area contributed by atoms with Crippen LogP contribution in [0.25, 0.3) is 0 Å². The van der Waals surface area contributed by atoms with Crippen molar-refractivity contribution >= 4 is 0 Å². The Bertz CT molecular complexity index is 520. The zero-order valence-corrected chi connectivity index (χ0v) is 13.7. The lowest BCUT2D eigenvalue weighted by Crippen LogP contribution is -2.25. The predicted molar refractivity (Wildman–Crippen MR) is 86.5 cm³/mol. The summed E-state index contributed by atoms with van der Waals surface area (Å²) in [5.74, 6) is -0.898. The number of halogens is 3. The minimum atomic E-state index is -2.80. The molecule has 0 bridgehead atoms. The molecule has 1 aromatic carbocycles. The van der Waals surface area contributed by atoms with Gasteiger partial charge in [0.2, 0.25) is 0 Å². The first kappa shape index (κ1) is 18.1. The van der Waals surface area contributed by atoms with E-state index in [0.717, 1.165) is 25.7 Å². The first-order chi connectivity index (χ1) is 11.1. The van der Waals surface area contributed by atoms with E-state index in [1.807, 2.05) is 0 Å². The van der Waals surface area contributed by atoms with Crippen molar-refractivity contribution in [3.8, 4) is 0 Å². The first-order valence-corrected chi connectivity index (χ1v) is 8.40. The van der Waals surface area contributed by atoms with Crippen molar-refractivity contribution in [3.05, 3.63) is 47.3 Å². The van der Waals surface area contributed by atoms with Gasteiger partial charge in [-0.2, -0.15) is 0 Å². The number of alkyl halides is 2. The van der Waals surface area contributed by atoms with Gasteiger partial charge >= 0.3 is 0 Å². The van der Waals surface area contributed by atoms with Crippen LogP contribution in [0.1, 0.15) is 68.1 Å². The number of hydrogen-bond donors (Lipinski definition) is 0. The fourth-order valence-corrected chi connectivity index (χ4v) is 3.28. The summed E-state index contributed by atoms with van der Waals surface area (Å²) in [5, 5.41) is 0. The van der Waals surface area contributed by atoms with Gasteiger partial charge in [0.1, 0.15) is 5.82 Å². The van der Waals surface area contributed by atoms with Crippen LogP contribution in [0.15, 0.2) is 24.8 Å². The predicted octanol–water partition coefficient (Wildman–Crippen LogP) is 5.94. The summed E-state index contributed by atoms with van der Waals surface area (Å²) in [6, 6.07) is 3.30. The maximum Gasteiger partial charge on any atom is 0.266 e. The third kappa shape index (κ3) is 4.37. The summed E-state index contributed by atoms with van der Waals surface area (Å²) >= 11 is 0. The summed E-state index contributed by atoms with van der Waals surface area (Å²) in [6.45, 7) is 6.09. The van der Waals surface area contributed by atoms with Crippen LogP contribution in [0.3, 0.4) is 0 Å². The van der Waals surface area contributed by atoms with Crippen LogP contribution < -0.4 is 0 Å². The average molecular weight is 326 g/mol. The SMILES string of the molecule is C=CCCc1ccc(C2CCC(CCC)OC2)c(C(F)F)c1F. The largest absolute Gasteiger partial charge is 0.378 e. The summed E-state index contributed by atoms with van der Waals surface area (Å²) in [6.07, 6.45) is 3.70. The number of aryl methyl sites for hydroxylation is 1. The van der Waals surface area contributed by atoms with E-state index in [4.69, 9.17) is 4.74 Å². The van der Waals surface area contributed by atoms with Gasteiger partial charge < -0.3 is 4.74 Å². The molecule has 0 aromatic heterocycles. The highest BCUT2D eigenvalue weighted by Gasteiger charge is 2.29. The van der Waals surface area contributed by atoms with Crippen LogP contribution in [-0.4, -0.2) is 12.7 Å². The molecule has 0 N–H and O–H groups in total. The van der Waals surface area contributed by atoms with E-state index in [9.17, 15) is 13.2 Å². The molecule has 2 rings (SSSR count). The van der Waals surface area contributed by atoms with Crippen LogP contribution in [-0.2, 0) is 11.2 Å². The summed E-state index contributed by atoms with van der Waals surface area (Å²) in [7, 11) is 0. The molecule has 1 aliphatic rings. The van der Waals surface area contributed by atoms with Crippen molar-refractivity contribution in [1.82, 2.24) is 0 Å². The Kier molecular flexibility index (Phi) is 6.70. The molecule has 0 aliphatic carbocycles. The average Bonchev–Trinajstić information content (AvgIpc) is 2.54. The van der Waals surface area contributed by atoms with Crippen LogP contribution in [0, 0.1) is 5.82 Å². The molecule has 128 valence electrons. The Labute approximate surface area is 136 Å². The van der Waals surface area contributed by atoms with Gasteiger partial charge in [-0.05, 0) is 43.2 Å². The first-order valence-electron chi connectivity index (χ1n) is 8.40. The van der Waals surface area contributed by atoms with Crippen molar-refractivity contribution < 1.29 is 17.9 Å². The zero-order chi connectivity index (χ0) is 16.8. The molecule has 0 saturated carbocycles. The maximum atomic E-state index is 14.5. The van der Waals surface area contributed by atoms with Crippen molar-refractivity contribution in [2.75, 3.05) is 6.61 Å². The monoisotopic (exact) mass is 326 g/mol. The molecule has 1 aliphatic heterocycles. The highest BCUT2D eigenvalue weighted by atomic mass is 19.3. The molecule has 1 nitrogen and oxygen atoms in total. The Morgan fingerprint density at radius 2 is 2.13 bits per heavy atom. The molecule has 0 radical (unpaired) electrons. The molecule has 1 heterocycles. The number of hydrogen-bond acceptors (Lipinski definition) is 1. The van der Waals surface area contributed by atoms with Crippen molar-refractivity contribution in [3.63, 3.8) is 0 Å². The second-order valence-electron chi connectivity index (χ2n) is 6.19. The van der Waals surface area contributed by atoms with Gasteiger partial charge in [-0.1, -0.05) is 31.6 Å². The van der Waals surface area contributed by atoms with Gasteiger partial charge in [-0.25, -0.2) is 13.2 Å². The van der Waals surface area contributed by atoms with E-state index >= 15 is 0 Å². The summed E-state index contributed by atoms with van der Waals surface area (Å²) in [4.78, 5) is 0. The minimum Gasteiger partial charge on any atom is -0.378 e. The lowest BCUT2D eigenvalue weighted by Gasteiger charge is -2.30. The van der Waals surface area contributed by atoms with Crippen LogP contribution in [0.4, 0.5) is 13.2 Å². The summed E-state index contributed by atoms with van der Waals surface area (Å²) < 4.78 is 47.2. The maximum absolute atomic E-state index is 14.5. The van der Waals surface area contributed by atoms with Gasteiger partial charge in [-0.3, -0.25) is 0 Å². The topological polar surface area (TPSA) is 9.23 Å². The van der Waals surface area contributed by atoms with Crippen molar-refractivity contribution in [1.29, 1.82) is 0 Å². The van der Waals surface area contributed by atoms with E-state index < -0.39 is 17.8 Å². The van der Waals surface area contributed by atoms with E-state index in [1.54, 1.807) is 18.2 Å².